The molecule has 0 radical (unpaired) electrons. The van der Waals surface area contributed by atoms with Crippen molar-refractivity contribution in [3.05, 3.63) is 86.5 Å². The molecule has 0 N–H and O–H groups in total. The maximum atomic E-state index is 13.7. The summed E-state index contributed by atoms with van der Waals surface area (Å²) >= 11 is 0. The number of nitro groups is 1. The molecule has 0 aliphatic carbocycles. The van der Waals surface area contributed by atoms with Crippen molar-refractivity contribution in [2.24, 2.45) is 0 Å². The zero-order chi connectivity index (χ0) is 21.8. The highest BCUT2D eigenvalue weighted by Gasteiger charge is 2.21. The van der Waals surface area contributed by atoms with Crippen LogP contribution >= 0.6 is 0 Å². The van der Waals surface area contributed by atoms with E-state index in [1.54, 1.807) is 48.9 Å². The van der Waals surface area contributed by atoms with Crippen LogP contribution in [0.2, 0.25) is 0 Å². The van der Waals surface area contributed by atoms with E-state index < -0.39 is 16.7 Å². The second-order valence-corrected chi connectivity index (χ2v) is 6.68. The van der Waals surface area contributed by atoms with Gasteiger partial charge in [-0.15, -0.1) is 0 Å². The van der Waals surface area contributed by atoms with Gasteiger partial charge in [-0.1, -0.05) is 18.2 Å². The zero-order valence-electron chi connectivity index (χ0n) is 16.7. The van der Waals surface area contributed by atoms with E-state index in [4.69, 9.17) is 9.47 Å². The maximum absolute atomic E-state index is 13.7. The van der Waals surface area contributed by atoms with Gasteiger partial charge < -0.3 is 9.47 Å². The Labute approximate surface area is 172 Å². The van der Waals surface area contributed by atoms with Gasteiger partial charge in [-0.3, -0.25) is 14.8 Å². The van der Waals surface area contributed by atoms with E-state index in [-0.39, 0.29) is 18.0 Å². The Bertz CT molecular complexity index is 1090. The molecule has 0 unspecified atom stereocenters. The number of halogens is 1. The molecule has 3 aromatic rings. The van der Waals surface area contributed by atoms with Gasteiger partial charge in [0.15, 0.2) is 11.6 Å². The van der Waals surface area contributed by atoms with Crippen LogP contribution in [0.5, 0.6) is 5.75 Å². The Morgan fingerprint density at radius 3 is 2.40 bits per heavy atom. The highest BCUT2D eigenvalue weighted by Crippen LogP contribution is 2.23. The fraction of sp³-hybridized carbons (Fsp3) is 0.238. The van der Waals surface area contributed by atoms with Gasteiger partial charge in [0.2, 0.25) is 0 Å². The van der Waals surface area contributed by atoms with Crippen LogP contribution in [0.15, 0.2) is 42.5 Å². The summed E-state index contributed by atoms with van der Waals surface area (Å²) in [6.45, 7) is 3.50. The third kappa shape index (κ3) is 4.45. The van der Waals surface area contributed by atoms with Crippen LogP contribution in [0.1, 0.15) is 32.9 Å². The number of carbonyl (C=O) groups is 1. The van der Waals surface area contributed by atoms with Crippen molar-refractivity contribution < 1.29 is 23.6 Å². The first kappa shape index (κ1) is 21.0. The molecule has 8 nitrogen and oxygen atoms in total. The fourth-order valence-corrected chi connectivity index (χ4v) is 3.06. The van der Waals surface area contributed by atoms with Gasteiger partial charge in [-0.05, 0) is 49.2 Å². The Morgan fingerprint density at radius 2 is 1.83 bits per heavy atom. The van der Waals surface area contributed by atoms with Crippen LogP contribution in [0, 0.1) is 29.8 Å². The molecule has 156 valence electrons. The van der Waals surface area contributed by atoms with E-state index in [2.05, 4.69) is 5.10 Å². The van der Waals surface area contributed by atoms with Crippen LogP contribution in [0.3, 0.4) is 0 Å². The van der Waals surface area contributed by atoms with E-state index in [1.807, 2.05) is 0 Å². The van der Waals surface area contributed by atoms with Crippen molar-refractivity contribution in [2.75, 3.05) is 7.11 Å². The van der Waals surface area contributed by atoms with E-state index in [0.717, 1.165) is 5.56 Å². The highest BCUT2D eigenvalue weighted by molar-refractivity contribution is 5.89. The first-order chi connectivity index (χ1) is 14.3. The number of rotatable bonds is 7. The lowest BCUT2D eigenvalue weighted by atomic mass is 10.1. The summed E-state index contributed by atoms with van der Waals surface area (Å²) in [5, 5.41) is 15.3. The maximum Gasteiger partial charge on any atom is 0.338 e. The van der Waals surface area contributed by atoms with Gasteiger partial charge in [-0.25, -0.2) is 9.18 Å². The number of benzene rings is 2. The molecular formula is C21H20FN3O5. The van der Waals surface area contributed by atoms with E-state index in [9.17, 15) is 19.3 Å². The average molecular weight is 413 g/mol. The number of nitrogens with zero attached hydrogens (tertiary/aromatic N) is 3. The molecule has 0 spiro atoms. The Balaban J connectivity index is 1.64. The fourth-order valence-electron chi connectivity index (χ4n) is 3.06. The minimum Gasteiger partial charge on any atom is -0.494 e. The number of esters is 1. The van der Waals surface area contributed by atoms with E-state index >= 15 is 0 Å². The lowest BCUT2D eigenvalue weighted by Crippen LogP contribution is -2.07. The predicted octanol–water partition coefficient (Wildman–Crippen LogP) is 3.96. The summed E-state index contributed by atoms with van der Waals surface area (Å²) in [6, 6.07) is 11.0. The van der Waals surface area contributed by atoms with Crippen LogP contribution in [0.25, 0.3) is 0 Å². The third-order valence-electron chi connectivity index (χ3n) is 4.63. The quantitative estimate of drug-likeness (QED) is 0.330. The molecule has 30 heavy (non-hydrogen) atoms. The summed E-state index contributed by atoms with van der Waals surface area (Å²) in [6.07, 6.45) is 0. The van der Waals surface area contributed by atoms with Crippen LogP contribution < -0.4 is 4.74 Å². The number of hydrogen-bond acceptors (Lipinski definition) is 6. The van der Waals surface area contributed by atoms with Gasteiger partial charge >= 0.3 is 11.7 Å². The molecule has 0 atom stereocenters. The SMILES string of the molecule is COc1ccc(COC(=O)c2ccc(Cn3nc(C)c([N+](=O)[O-])c3C)cc2)cc1F. The summed E-state index contributed by atoms with van der Waals surface area (Å²) in [4.78, 5) is 22.9. The van der Waals surface area contributed by atoms with E-state index in [1.165, 1.54) is 19.2 Å². The number of aromatic nitrogens is 2. The second kappa shape index (κ2) is 8.73. The molecule has 0 amide bonds. The van der Waals surface area contributed by atoms with Gasteiger partial charge in [-0.2, -0.15) is 5.10 Å². The van der Waals surface area contributed by atoms with Gasteiger partial charge in [0.25, 0.3) is 0 Å². The molecule has 2 aromatic carbocycles. The number of hydrogen-bond donors (Lipinski definition) is 0. The first-order valence-electron chi connectivity index (χ1n) is 9.07. The second-order valence-electron chi connectivity index (χ2n) is 6.68. The Kier molecular flexibility index (Phi) is 6.10. The lowest BCUT2D eigenvalue weighted by Gasteiger charge is -2.08. The van der Waals surface area contributed by atoms with Crippen molar-refractivity contribution >= 4 is 11.7 Å². The monoisotopic (exact) mass is 413 g/mol. The molecule has 3 rings (SSSR count). The smallest absolute Gasteiger partial charge is 0.338 e. The number of ether oxygens (including phenoxy) is 2. The zero-order valence-corrected chi connectivity index (χ0v) is 16.7. The first-order valence-corrected chi connectivity index (χ1v) is 9.07. The molecule has 1 heterocycles. The number of carbonyl (C=O) groups excluding carboxylic acids is 1. The van der Waals surface area contributed by atoms with E-state index in [0.29, 0.717) is 29.1 Å². The largest absolute Gasteiger partial charge is 0.494 e. The molecular weight excluding hydrogens is 393 g/mol. The lowest BCUT2D eigenvalue weighted by molar-refractivity contribution is -0.386. The molecule has 0 aliphatic heterocycles. The summed E-state index contributed by atoms with van der Waals surface area (Å²) in [5.41, 5.74) is 2.49. The minimum absolute atomic E-state index is 0.00478. The highest BCUT2D eigenvalue weighted by atomic mass is 19.1. The van der Waals surface area contributed by atoms with Gasteiger partial charge in [0.05, 0.1) is 24.1 Å². The molecule has 1 aromatic heterocycles. The molecule has 0 bridgehead atoms. The van der Waals surface area contributed by atoms with Gasteiger partial charge in [0, 0.05) is 0 Å². The average Bonchev–Trinajstić information content (AvgIpc) is 2.99. The summed E-state index contributed by atoms with van der Waals surface area (Å²) in [5.74, 6) is -0.951. The van der Waals surface area contributed by atoms with Crippen molar-refractivity contribution in [1.29, 1.82) is 0 Å². The minimum atomic E-state index is -0.542. The van der Waals surface area contributed by atoms with Gasteiger partial charge in [0.1, 0.15) is 18.0 Å². The van der Waals surface area contributed by atoms with Crippen LogP contribution in [-0.2, 0) is 17.9 Å². The molecule has 0 aliphatic rings. The predicted molar refractivity (Wildman–Crippen MR) is 106 cm³/mol. The van der Waals surface area contributed by atoms with Crippen LogP contribution in [0.4, 0.5) is 10.1 Å². The number of aryl methyl sites for hydroxylation is 1. The normalized spacial score (nSPS) is 10.7. The topological polar surface area (TPSA) is 96.5 Å². The Morgan fingerprint density at radius 1 is 1.17 bits per heavy atom. The number of methoxy groups -OCH3 is 1. The molecule has 0 fully saturated rings. The molecule has 0 saturated heterocycles. The molecule has 9 heteroatoms. The van der Waals surface area contributed by atoms with Crippen molar-refractivity contribution in [3.8, 4) is 5.75 Å². The van der Waals surface area contributed by atoms with Crippen LogP contribution in [-0.4, -0.2) is 27.8 Å². The van der Waals surface area contributed by atoms with Crippen molar-refractivity contribution in [2.45, 2.75) is 27.0 Å². The summed E-state index contributed by atoms with van der Waals surface area (Å²) < 4.78 is 25.3. The van der Waals surface area contributed by atoms with Crippen molar-refractivity contribution in [1.82, 2.24) is 9.78 Å². The standard InChI is InChI=1S/C21H20FN3O5/c1-13-20(25(27)28)14(2)24(23-13)11-15-4-7-17(8-5-15)21(26)30-12-16-6-9-19(29-3)18(22)10-16/h4-10H,11-12H2,1-3H3. The van der Waals surface area contributed by atoms with Crippen molar-refractivity contribution in [3.63, 3.8) is 0 Å². The molecule has 0 saturated carbocycles. The summed E-state index contributed by atoms with van der Waals surface area (Å²) in [7, 11) is 1.37. The third-order valence-corrected chi connectivity index (χ3v) is 4.63. The Hall–Kier alpha value is -3.75.